The summed E-state index contributed by atoms with van der Waals surface area (Å²) in [6.45, 7) is 15.5. The average Bonchev–Trinajstić information content (AvgIpc) is 2.38. The van der Waals surface area contributed by atoms with Crippen LogP contribution in [0.4, 0.5) is 0 Å². The molecule has 0 heterocycles. The molecule has 0 amide bonds. The van der Waals surface area contributed by atoms with Crippen LogP contribution in [-0.2, 0) is 12.8 Å². The summed E-state index contributed by atoms with van der Waals surface area (Å²) in [6, 6.07) is 8.89. The third-order valence-corrected chi connectivity index (χ3v) is 3.28. The van der Waals surface area contributed by atoms with E-state index in [1.54, 1.807) is 0 Å². The van der Waals surface area contributed by atoms with Crippen LogP contribution in [0.2, 0.25) is 0 Å². The molecular formula is C18H27N. The molecule has 0 fully saturated rings. The van der Waals surface area contributed by atoms with E-state index in [0.717, 1.165) is 25.1 Å². The molecule has 0 aliphatic heterocycles. The number of hydrogen-bond acceptors (Lipinski definition) is 1. The van der Waals surface area contributed by atoms with Crippen molar-refractivity contribution in [1.29, 1.82) is 0 Å². The molecule has 0 aliphatic carbocycles. The lowest BCUT2D eigenvalue weighted by atomic mass is 10.0. The highest BCUT2D eigenvalue weighted by atomic mass is 14.9. The summed E-state index contributed by atoms with van der Waals surface area (Å²) >= 11 is 0. The van der Waals surface area contributed by atoms with Crippen molar-refractivity contribution in [2.45, 2.75) is 40.0 Å². The molecule has 1 aromatic carbocycles. The van der Waals surface area contributed by atoms with Crippen LogP contribution < -0.4 is 5.32 Å². The Morgan fingerprint density at radius 3 is 2.21 bits per heavy atom. The van der Waals surface area contributed by atoms with Gasteiger partial charge in [0.25, 0.3) is 0 Å². The van der Waals surface area contributed by atoms with Gasteiger partial charge in [-0.05, 0) is 29.9 Å². The summed E-state index contributed by atoms with van der Waals surface area (Å²) in [5.74, 6) is 0.473. The van der Waals surface area contributed by atoms with Crippen molar-refractivity contribution in [3.05, 3.63) is 59.8 Å². The minimum atomic E-state index is 0.473. The Morgan fingerprint density at radius 1 is 1.11 bits per heavy atom. The van der Waals surface area contributed by atoms with Gasteiger partial charge in [-0.25, -0.2) is 0 Å². The number of hydrogen-bond donors (Lipinski definition) is 1. The molecule has 1 nitrogen and oxygen atoms in total. The maximum atomic E-state index is 4.14. The fourth-order valence-electron chi connectivity index (χ4n) is 1.91. The van der Waals surface area contributed by atoms with Gasteiger partial charge in [0, 0.05) is 12.2 Å². The lowest BCUT2D eigenvalue weighted by Gasteiger charge is -2.14. The highest BCUT2D eigenvalue weighted by molar-refractivity contribution is 5.26. The van der Waals surface area contributed by atoms with Crippen molar-refractivity contribution in [3.63, 3.8) is 0 Å². The third kappa shape index (κ3) is 5.78. The second kappa shape index (κ2) is 7.83. The van der Waals surface area contributed by atoms with E-state index < -0.39 is 0 Å². The summed E-state index contributed by atoms with van der Waals surface area (Å²) < 4.78 is 0. The van der Waals surface area contributed by atoms with E-state index >= 15 is 0 Å². The topological polar surface area (TPSA) is 12.0 Å². The van der Waals surface area contributed by atoms with Gasteiger partial charge in [-0.2, -0.15) is 0 Å². The minimum Gasteiger partial charge on any atom is -0.385 e. The van der Waals surface area contributed by atoms with E-state index in [1.165, 1.54) is 23.1 Å². The van der Waals surface area contributed by atoms with Crippen LogP contribution in [0.5, 0.6) is 0 Å². The molecule has 0 spiro atoms. The zero-order chi connectivity index (χ0) is 14.3. The van der Waals surface area contributed by atoms with E-state index in [0.29, 0.717) is 5.92 Å². The standard InChI is InChI=1S/C18H27N/c1-6-7-17-8-10-18(11-9-17)12-15(4)13-19-16(5)14(2)3/h8-11,14,19H,4-7,12-13H2,1-3H3. The van der Waals surface area contributed by atoms with Crippen molar-refractivity contribution < 1.29 is 0 Å². The zero-order valence-corrected chi connectivity index (χ0v) is 12.6. The van der Waals surface area contributed by atoms with Crippen molar-refractivity contribution in [2.24, 2.45) is 5.92 Å². The van der Waals surface area contributed by atoms with Crippen LogP contribution in [0.25, 0.3) is 0 Å². The van der Waals surface area contributed by atoms with Gasteiger partial charge in [-0.3, -0.25) is 0 Å². The van der Waals surface area contributed by atoms with Gasteiger partial charge in [0.1, 0.15) is 0 Å². The second-order valence-electron chi connectivity index (χ2n) is 5.53. The molecule has 0 saturated heterocycles. The number of rotatable bonds is 8. The highest BCUT2D eigenvalue weighted by Crippen LogP contribution is 2.11. The van der Waals surface area contributed by atoms with Gasteiger partial charge in [-0.15, -0.1) is 0 Å². The normalized spacial score (nSPS) is 10.5. The molecule has 0 radical (unpaired) electrons. The van der Waals surface area contributed by atoms with Crippen LogP contribution >= 0.6 is 0 Å². The maximum Gasteiger partial charge on any atom is 0.0357 e. The van der Waals surface area contributed by atoms with Crippen LogP contribution in [0.1, 0.15) is 38.3 Å². The Morgan fingerprint density at radius 2 is 1.68 bits per heavy atom. The molecule has 1 N–H and O–H groups in total. The molecule has 0 saturated carbocycles. The van der Waals surface area contributed by atoms with Gasteiger partial charge < -0.3 is 5.32 Å². The number of benzene rings is 1. The Kier molecular flexibility index (Phi) is 6.41. The molecule has 0 aliphatic rings. The van der Waals surface area contributed by atoms with E-state index in [-0.39, 0.29) is 0 Å². The quantitative estimate of drug-likeness (QED) is 0.676. The van der Waals surface area contributed by atoms with Gasteiger partial charge in [-0.1, -0.05) is 70.2 Å². The molecule has 0 unspecified atom stereocenters. The van der Waals surface area contributed by atoms with Crippen LogP contribution in [0.15, 0.2) is 48.7 Å². The number of allylic oxidation sites excluding steroid dienone is 1. The van der Waals surface area contributed by atoms with E-state index in [4.69, 9.17) is 0 Å². The monoisotopic (exact) mass is 257 g/mol. The Balaban J connectivity index is 2.42. The first-order valence-corrected chi connectivity index (χ1v) is 7.20. The zero-order valence-electron chi connectivity index (χ0n) is 12.6. The molecule has 1 heteroatoms. The lowest BCUT2D eigenvalue weighted by molar-refractivity contribution is 0.674. The van der Waals surface area contributed by atoms with E-state index in [9.17, 15) is 0 Å². The molecule has 1 rings (SSSR count). The summed E-state index contributed by atoms with van der Waals surface area (Å²) in [6.07, 6.45) is 3.30. The van der Waals surface area contributed by atoms with Gasteiger partial charge >= 0.3 is 0 Å². The SMILES string of the molecule is C=C(CNC(=C)C(C)C)Cc1ccc(CCC)cc1. The number of nitrogens with one attached hydrogen (secondary N) is 1. The molecule has 0 aromatic heterocycles. The van der Waals surface area contributed by atoms with Gasteiger partial charge in [0.05, 0.1) is 0 Å². The highest BCUT2D eigenvalue weighted by Gasteiger charge is 2.02. The summed E-state index contributed by atoms with van der Waals surface area (Å²) in [4.78, 5) is 0. The van der Waals surface area contributed by atoms with Crippen molar-refractivity contribution >= 4 is 0 Å². The fraction of sp³-hybridized carbons (Fsp3) is 0.444. The van der Waals surface area contributed by atoms with Crippen LogP contribution in [0, 0.1) is 5.92 Å². The first kappa shape index (κ1) is 15.6. The summed E-state index contributed by atoms with van der Waals surface area (Å²) in [5.41, 5.74) is 5.04. The molecule has 1 aromatic rings. The lowest BCUT2D eigenvalue weighted by Crippen LogP contribution is -2.19. The molecule has 0 bridgehead atoms. The maximum absolute atomic E-state index is 4.14. The van der Waals surface area contributed by atoms with E-state index in [2.05, 4.69) is 63.5 Å². The fourth-order valence-corrected chi connectivity index (χ4v) is 1.91. The predicted molar refractivity (Wildman–Crippen MR) is 85.3 cm³/mol. The smallest absolute Gasteiger partial charge is 0.0357 e. The van der Waals surface area contributed by atoms with Crippen molar-refractivity contribution in [2.75, 3.05) is 6.54 Å². The van der Waals surface area contributed by atoms with Gasteiger partial charge in [0.2, 0.25) is 0 Å². The van der Waals surface area contributed by atoms with Crippen molar-refractivity contribution in [1.82, 2.24) is 5.32 Å². The first-order valence-electron chi connectivity index (χ1n) is 7.20. The largest absolute Gasteiger partial charge is 0.385 e. The second-order valence-corrected chi connectivity index (χ2v) is 5.53. The molecule has 104 valence electrons. The Labute approximate surface area is 118 Å². The molecule has 19 heavy (non-hydrogen) atoms. The first-order chi connectivity index (χ1) is 9.02. The Bertz CT molecular complexity index is 412. The summed E-state index contributed by atoms with van der Waals surface area (Å²) in [5, 5.41) is 3.34. The van der Waals surface area contributed by atoms with Crippen LogP contribution in [-0.4, -0.2) is 6.54 Å². The van der Waals surface area contributed by atoms with Gasteiger partial charge in [0.15, 0.2) is 0 Å². The number of aryl methyl sites for hydroxylation is 1. The summed E-state index contributed by atoms with van der Waals surface area (Å²) in [7, 11) is 0. The van der Waals surface area contributed by atoms with E-state index in [1.807, 2.05) is 0 Å². The van der Waals surface area contributed by atoms with Crippen LogP contribution in [0.3, 0.4) is 0 Å². The molecular weight excluding hydrogens is 230 g/mol. The third-order valence-electron chi connectivity index (χ3n) is 3.28. The average molecular weight is 257 g/mol. The predicted octanol–water partition coefficient (Wildman–Crippen LogP) is 4.50. The minimum absolute atomic E-state index is 0.473. The molecule has 0 atom stereocenters. The van der Waals surface area contributed by atoms with Crippen molar-refractivity contribution in [3.8, 4) is 0 Å². The Hall–Kier alpha value is -1.50.